The molecule has 6 heteroatoms. The maximum absolute atomic E-state index is 9.51. The van der Waals surface area contributed by atoms with Crippen LogP contribution < -0.4 is 5.32 Å². The summed E-state index contributed by atoms with van der Waals surface area (Å²) < 4.78 is 0. The van der Waals surface area contributed by atoms with Gasteiger partial charge in [-0.25, -0.2) is 0 Å². The van der Waals surface area contributed by atoms with Crippen LogP contribution in [0.15, 0.2) is 11.4 Å². The van der Waals surface area contributed by atoms with Crippen LogP contribution in [0.25, 0.3) is 0 Å². The van der Waals surface area contributed by atoms with Crippen LogP contribution in [0.3, 0.4) is 0 Å². The van der Waals surface area contributed by atoms with E-state index in [1.165, 1.54) is 32.4 Å². The number of piperidine rings is 3. The fourth-order valence-electron chi connectivity index (χ4n) is 4.94. The molecule has 0 aromatic heterocycles. The van der Waals surface area contributed by atoms with Crippen molar-refractivity contribution in [2.45, 2.75) is 76.9 Å². The third kappa shape index (κ3) is 5.19. The summed E-state index contributed by atoms with van der Waals surface area (Å²) in [6.07, 6.45) is 8.41. The Morgan fingerprint density at radius 1 is 0.857 bits per heavy atom. The number of hydrogen-bond donors (Lipinski definition) is 1. The molecule has 0 bridgehead atoms. The van der Waals surface area contributed by atoms with Gasteiger partial charge in [0, 0.05) is 44.3 Å². The first-order valence-corrected chi connectivity index (χ1v) is 11.2. The maximum Gasteiger partial charge on any atom is 0.169 e. The van der Waals surface area contributed by atoms with Crippen molar-refractivity contribution in [3.05, 3.63) is 11.4 Å². The van der Waals surface area contributed by atoms with Gasteiger partial charge < -0.3 is 20.0 Å². The molecule has 0 aromatic carbocycles. The van der Waals surface area contributed by atoms with Crippen LogP contribution in [-0.4, -0.2) is 72.1 Å². The van der Waals surface area contributed by atoms with Gasteiger partial charge in [-0.05, 0) is 65.5 Å². The van der Waals surface area contributed by atoms with Gasteiger partial charge in [0.15, 0.2) is 5.57 Å². The molecule has 0 aromatic rings. The van der Waals surface area contributed by atoms with E-state index in [9.17, 15) is 10.5 Å². The summed E-state index contributed by atoms with van der Waals surface area (Å²) in [6.45, 7) is 11.0. The second kappa shape index (κ2) is 10.1. The van der Waals surface area contributed by atoms with Gasteiger partial charge in [-0.15, -0.1) is 0 Å². The highest BCUT2D eigenvalue weighted by atomic mass is 15.3. The number of nitrogens with one attached hydrogen (secondary N) is 1. The first-order chi connectivity index (χ1) is 13.6. The predicted molar refractivity (Wildman–Crippen MR) is 111 cm³/mol. The van der Waals surface area contributed by atoms with Crippen molar-refractivity contribution >= 4 is 0 Å². The fraction of sp³-hybridized carbons (Fsp3) is 0.818. The summed E-state index contributed by atoms with van der Waals surface area (Å²) in [5.74, 6) is 0.782. The van der Waals surface area contributed by atoms with E-state index in [2.05, 4.69) is 46.0 Å². The van der Waals surface area contributed by atoms with E-state index in [4.69, 9.17) is 0 Å². The zero-order valence-corrected chi connectivity index (χ0v) is 17.7. The Labute approximate surface area is 170 Å². The lowest BCUT2D eigenvalue weighted by molar-refractivity contribution is 0.0990. The number of rotatable bonds is 5. The van der Waals surface area contributed by atoms with E-state index in [-0.39, 0.29) is 5.57 Å². The van der Waals surface area contributed by atoms with E-state index in [0.717, 1.165) is 57.7 Å². The molecular weight excluding hydrogens is 348 g/mol. The van der Waals surface area contributed by atoms with Crippen molar-refractivity contribution in [1.82, 2.24) is 20.0 Å². The number of nitriles is 2. The average molecular weight is 385 g/mol. The van der Waals surface area contributed by atoms with Crippen LogP contribution in [0.1, 0.15) is 58.8 Å². The molecule has 3 aliphatic heterocycles. The average Bonchev–Trinajstić information content (AvgIpc) is 2.75. The van der Waals surface area contributed by atoms with Crippen LogP contribution in [0.2, 0.25) is 0 Å². The zero-order chi connectivity index (χ0) is 19.9. The van der Waals surface area contributed by atoms with E-state index in [1.54, 1.807) is 0 Å². The number of hydrogen-bond acceptors (Lipinski definition) is 6. The number of allylic oxidation sites excluding steroid dienone is 1. The molecule has 6 nitrogen and oxygen atoms in total. The lowest BCUT2D eigenvalue weighted by atomic mass is 9.99. The van der Waals surface area contributed by atoms with E-state index in [1.807, 2.05) is 0 Å². The number of nitrogens with zero attached hydrogens (tertiary/aromatic N) is 5. The lowest BCUT2D eigenvalue weighted by Gasteiger charge is -2.43. The van der Waals surface area contributed by atoms with Crippen molar-refractivity contribution in [1.29, 1.82) is 10.5 Å². The van der Waals surface area contributed by atoms with Crippen molar-refractivity contribution in [3.8, 4) is 12.1 Å². The predicted octanol–water partition coefficient (Wildman–Crippen LogP) is 2.66. The molecular formula is C22H36N6. The minimum atomic E-state index is 0.239. The van der Waals surface area contributed by atoms with Crippen LogP contribution >= 0.6 is 0 Å². The molecule has 3 rings (SSSR count). The SMILES string of the molecule is CC(C)N1CCC(NC(=C(C#N)C#N)N2CCC(N3CCCCC3)CC2)CC1. The van der Waals surface area contributed by atoms with Gasteiger partial charge in [0.05, 0.1) is 0 Å². The van der Waals surface area contributed by atoms with Crippen molar-refractivity contribution in [2.75, 3.05) is 39.3 Å². The highest BCUT2D eigenvalue weighted by Gasteiger charge is 2.29. The van der Waals surface area contributed by atoms with Gasteiger partial charge in [-0.1, -0.05) is 6.42 Å². The van der Waals surface area contributed by atoms with Gasteiger partial charge in [0.1, 0.15) is 18.0 Å². The summed E-state index contributed by atoms with van der Waals surface area (Å²) in [7, 11) is 0. The first kappa shape index (κ1) is 21.0. The second-order valence-corrected chi connectivity index (χ2v) is 8.81. The van der Waals surface area contributed by atoms with Crippen LogP contribution in [0.4, 0.5) is 0 Å². The standard InChI is InChI=1S/C22H36N6/c1-18(2)26-12-6-20(7-13-26)25-22(19(16-23)17-24)28-14-8-21(9-15-28)27-10-4-3-5-11-27/h18,20-21,25H,3-15H2,1-2H3. The highest BCUT2D eigenvalue weighted by Crippen LogP contribution is 2.24. The monoisotopic (exact) mass is 384 g/mol. The molecule has 154 valence electrons. The molecule has 28 heavy (non-hydrogen) atoms. The summed E-state index contributed by atoms with van der Waals surface area (Å²) in [6, 6.07) is 5.86. The minimum Gasteiger partial charge on any atom is -0.367 e. The number of likely N-dealkylation sites (tertiary alicyclic amines) is 3. The smallest absolute Gasteiger partial charge is 0.169 e. The van der Waals surface area contributed by atoms with Gasteiger partial charge in [0.25, 0.3) is 0 Å². The fourth-order valence-corrected chi connectivity index (χ4v) is 4.94. The molecule has 1 N–H and O–H groups in total. The largest absolute Gasteiger partial charge is 0.367 e. The summed E-state index contributed by atoms with van der Waals surface area (Å²) in [5.41, 5.74) is 0.239. The topological polar surface area (TPSA) is 69.3 Å². The molecule has 0 radical (unpaired) electrons. The van der Waals surface area contributed by atoms with Crippen LogP contribution in [0, 0.1) is 22.7 Å². The first-order valence-electron chi connectivity index (χ1n) is 11.2. The van der Waals surface area contributed by atoms with Gasteiger partial charge in [-0.3, -0.25) is 0 Å². The van der Waals surface area contributed by atoms with E-state index >= 15 is 0 Å². The Kier molecular flexibility index (Phi) is 7.59. The molecule has 3 heterocycles. The normalized spacial score (nSPS) is 23.2. The van der Waals surface area contributed by atoms with Crippen molar-refractivity contribution in [2.24, 2.45) is 0 Å². The quantitative estimate of drug-likeness (QED) is 0.735. The maximum atomic E-state index is 9.51. The molecule has 3 aliphatic rings. The lowest BCUT2D eigenvalue weighted by Crippen LogP contribution is -2.50. The third-order valence-electron chi connectivity index (χ3n) is 6.75. The molecule has 0 unspecified atom stereocenters. The Balaban J connectivity index is 1.60. The van der Waals surface area contributed by atoms with Crippen LogP contribution in [-0.2, 0) is 0 Å². The summed E-state index contributed by atoms with van der Waals surface area (Å²) in [4.78, 5) is 7.42. The van der Waals surface area contributed by atoms with Crippen molar-refractivity contribution < 1.29 is 0 Å². The van der Waals surface area contributed by atoms with Gasteiger partial charge >= 0.3 is 0 Å². The molecule has 3 saturated heterocycles. The Morgan fingerprint density at radius 3 is 2.00 bits per heavy atom. The molecule has 0 aliphatic carbocycles. The minimum absolute atomic E-state index is 0.239. The van der Waals surface area contributed by atoms with Crippen LogP contribution in [0.5, 0.6) is 0 Å². The third-order valence-corrected chi connectivity index (χ3v) is 6.75. The molecule has 0 amide bonds. The molecule has 3 fully saturated rings. The van der Waals surface area contributed by atoms with Gasteiger partial charge in [-0.2, -0.15) is 10.5 Å². The molecule has 0 atom stereocenters. The summed E-state index contributed by atoms with van der Waals surface area (Å²) >= 11 is 0. The van der Waals surface area contributed by atoms with Crippen molar-refractivity contribution in [3.63, 3.8) is 0 Å². The second-order valence-electron chi connectivity index (χ2n) is 8.81. The van der Waals surface area contributed by atoms with E-state index in [0.29, 0.717) is 18.1 Å². The van der Waals surface area contributed by atoms with Gasteiger partial charge in [0.2, 0.25) is 0 Å². The molecule has 0 spiro atoms. The Bertz CT molecular complexity index is 590. The zero-order valence-electron chi connectivity index (χ0n) is 17.7. The van der Waals surface area contributed by atoms with E-state index < -0.39 is 0 Å². The Hall–Kier alpha value is -1.76. The molecule has 0 saturated carbocycles. The summed E-state index contributed by atoms with van der Waals surface area (Å²) in [5, 5.41) is 22.6. The highest BCUT2D eigenvalue weighted by molar-refractivity contribution is 5.39. The Morgan fingerprint density at radius 2 is 1.46 bits per heavy atom.